The highest BCUT2D eigenvalue weighted by Crippen LogP contribution is 2.38. The maximum absolute atomic E-state index is 12.8. The molecule has 1 saturated carbocycles. The van der Waals surface area contributed by atoms with Crippen molar-refractivity contribution in [2.75, 3.05) is 32.7 Å². The monoisotopic (exact) mass is 406 g/mol. The standard InChI is InChI=1S/C22H31ClN2O3/c23-18-6-5-7-19(12-18)28-21-11-17-14-25(13-16(17)10-20(21)26)22(27)15-24-8-3-1-2-4-9-24/h5-7,12,16-17,20-21,26H,1-4,8-11,13-15H2/t16-,17+,20+,21+/m0/s1. The first-order valence-corrected chi connectivity index (χ1v) is 11.1. The van der Waals surface area contributed by atoms with E-state index in [-0.39, 0.29) is 12.0 Å². The molecule has 1 amide bonds. The number of fused-ring (bicyclic) bond motifs is 1. The van der Waals surface area contributed by atoms with Crippen molar-refractivity contribution in [3.63, 3.8) is 0 Å². The van der Waals surface area contributed by atoms with Gasteiger partial charge in [-0.15, -0.1) is 0 Å². The van der Waals surface area contributed by atoms with E-state index in [2.05, 4.69) is 4.90 Å². The molecule has 6 heteroatoms. The Balaban J connectivity index is 1.32. The molecule has 0 spiro atoms. The summed E-state index contributed by atoms with van der Waals surface area (Å²) in [5.74, 6) is 1.73. The Morgan fingerprint density at radius 2 is 1.82 bits per heavy atom. The SMILES string of the molecule is O=C(CN1CCCCCC1)N1C[C@H]2C[C@@H](Oc3cccc(Cl)c3)[C@H](O)C[C@H]2C1. The number of rotatable bonds is 4. The van der Waals surface area contributed by atoms with E-state index in [0.717, 1.165) is 32.6 Å². The van der Waals surface area contributed by atoms with E-state index >= 15 is 0 Å². The number of carbonyl (C=O) groups is 1. The van der Waals surface area contributed by atoms with Crippen LogP contribution < -0.4 is 4.74 Å². The lowest BCUT2D eigenvalue weighted by Crippen LogP contribution is -2.42. The molecule has 0 unspecified atom stereocenters. The smallest absolute Gasteiger partial charge is 0.236 e. The number of hydrogen-bond donors (Lipinski definition) is 1. The molecule has 3 fully saturated rings. The van der Waals surface area contributed by atoms with E-state index < -0.39 is 6.10 Å². The van der Waals surface area contributed by atoms with Crippen molar-refractivity contribution >= 4 is 17.5 Å². The van der Waals surface area contributed by atoms with Gasteiger partial charge in [-0.1, -0.05) is 30.5 Å². The van der Waals surface area contributed by atoms with E-state index in [1.54, 1.807) is 6.07 Å². The molecular weight excluding hydrogens is 376 g/mol. The van der Waals surface area contributed by atoms with Crippen molar-refractivity contribution in [2.45, 2.75) is 50.7 Å². The molecule has 1 aromatic rings. The van der Waals surface area contributed by atoms with E-state index in [1.807, 2.05) is 23.1 Å². The van der Waals surface area contributed by atoms with Crippen molar-refractivity contribution in [1.82, 2.24) is 9.80 Å². The summed E-state index contributed by atoms with van der Waals surface area (Å²) in [5.41, 5.74) is 0. The van der Waals surface area contributed by atoms with Crippen LogP contribution in [0, 0.1) is 11.8 Å². The van der Waals surface area contributed by atoms with Crippen LogP contribution in [0.15, 0.2) is 24.3 Å². The second-order valence-corrected chi connectivity index (χ2v) is 9.10. The fraction of sp³-hybridized carbons (Fsp3) is 0.682. The van der Waals surface area contributed by atoms with Crippen LogP contribution in [0.25, 0.3) is 0 Å². The van der Waals surface area contributed by atoms with Gasteiger partial charge in [0.05, 0.1) is 12.6 Å². The van der Waals surface area contributed by atoms with Gasteiger partial charge in [0.2, 0.25) is 5.91 Å². The fourth-order valence-corrected chi connectivity index (χ4v) is 5.20. The minimum atomic E-state index is -0.499. The fourth-order valence-electron chi connectivity index (χ4n) is 5.02. The molecule has 0 bridgehead atoms. The van der Waals surface area contributed by atoms with Crippen molar-refractivity contribution in [1.29, 1.82) is 0 Å². The predicted octanol–water partition coefficient (Wildman–Crippen LogP) is 3.19. The number of nitrogens with zero attached hydrogens (tertiary/aromatic N) is 2. The Kier molecular flexibility index (Phi) is 6.44. The second kappa shape index (κ2) is 9.02. The molecule has 0 aromatic heterocycles. The van der Waals surface area contributed by atoms with Gasteiger partial charge in [0.15, 0.2) is 0 Å². The zero-order chi connectivity index (χ0) is 19.5. The Bertz CT molecular complexity index is 678. The van der Waals surface area contributed by atoms with Gasteiger partial charge < -0.3 is 14.7 Å². The molecule has 0 radical (unpaired) electrons. The molecule has 2 aliphatic heterocycles. The Morgan fingerprint density at radius 1 is 1.11 bits per heavy atom. The summed E-state index contributed by atoms with van der Waals surface area (Å²) in [7, 11) is 0. The predicted molar refractivity (Wildman–Crippen MR) is 110 cm³/mol. The minimum absolute atomic E-state index is 0.236. The van der Waals surface area contributed by atoms with E-state index in [9.17, 15) is 9.90 Å². The maximum Gasteiger partial charge on any atom is 0.236 e. The molecule has 4 atom stereocenters. The normalized spacial score (nSPS) is 31.3. The second-order valence-electron chi connectivity index (χ2n) is 8.66. The van der Waals surface area contributed by atoms with Gasteiger partial charge in [0.25, 0.3) is 0 Å². The number of aliphatic hydroxyl groups excluding tert-OH is 1. The summed E-state index contributed by atoms with van der Waals surface area (Å²) in [4.78, 5) is 17.2. The molecule has 2 heterocycles. The average molecular weight is 407 g/mol. The lowest BCUT2D eigenvalue weighted by atomic mass is 9.78. The molecule has 154 valence electrons. The third-order valence-electron chi connectivity index (χ3n) is 6.58. The zero-order valence-electron chi connectivity index (χ0n) is 16.4. The highest BCUT2D eigenvalue weighted by Gasteiger charge is 2.44. The molecule has 5 nitrogen and oxygen atoms in total. The zero-order valence-corrected chi connectivity index (χ0v) is 17.2. The summed E-state index contributed by atoms with van der Waals surface area (Å²) in [6.45, 7) is 4.20. The van der Waals surface area contributed by atoms with Crippen molar-refractivity contribution < 1.29 is 14.6 Å². The summed E-state index contributed by atoms with van der Waals surface area (Å²) in [6, 6.07) is 7.32. The van der Waals surface area contributed by atoms with Gasteiger partial charge in [-0.25, -0.2) is 0 Å². The van der Waals surface area contributed by atoms with Gasteiger partial charge >= 0.3 is 0 Å². The number of carbonyl (C=O) groups excluding carboxylic acids is 1. The third kappa shape index (κ3) is 4.81. The first kappa shape index (κ1) is 20.0. The quantitative estimate of drug-likeness (QED) is 0.834. The highest BCUT2D eigenvalue weighted by atomic mass is 35.5. The van der Waals surface area contributed by atoms with Crippen molar-refractivity contribution in [2.24, 2.45) is 11.8 Å². The van der Waals surface area contributed by atoms with Crippen molar-refractivity contribution in [3.8, 4) is 5.75 Å². The maximum atomic E-state index is 12.8. The van der Waals surface area contributed by atoms with Gasteiger partial charge in [-0.3, -0.25) is 9.69 Å². The number of aliphatic hydroxyl groups is 1. The van der Waals surface area contributed by atoms with E-state index in [1.165, 1.54) is 25.7 Å². The first-order valence-electron chi connectivity index (χ1n) is 10.7. The number of hydrogen-bond acceptors (Lipinski definition) is 4. The lowest BCUT2D eigenvalue weighted by molar-refractivity contribution is -0.131. The van der Waals surface area contributed by atoms with Gasteiger partial charge in [0.1, 0.15) is 11.9 Å². The Morgan fingerprint density at radius 3 is 2.54 bits per heavy atom. The van der Waals surface area contributed by atoms with Crippen LogP contribution in [0.1, 0.15) is 38.5 Å². The highest BCUT2D eigenvalue weighted by molar-refractivity contribution is 6.30. The molecule has 3 aliphatic rings. The largest absolute Gasteiger partial charge is 0.488 e. The number of benzene rings is 1. The number of halogens is 1. The Hall–Kier alpha value is -1.30. The van der Waals surface area contributed by atoms with Crippen LogP contribution in [0.5, 0.6) is 5.75 Å². The Labute approximate surface area is 172 Å². The summed E-state index contributed by atoms with van der Waals surface area (Å²) in [5, 5.41) is 11.2. The summed E-state index contributed by atoms with van der Waals surface area (Å²) < 4.78 is 6.04. The minimum Gasteiger partial charge on any atom is -0.488 e. The van der Waals surface area contributed by atoms with Gasteiger partial charge in [-0.2, -0.15) is 0 Å². The van der Waals surface area contributed by atoms with Crippen LogP contribution in [0.2, 0.25) is 5.02 Å². The van der Waals surface area contributed by atoms with Crippen LogP contribution in [-0.2, 0) is 4.79 Å². The molecule has 28 heavy (non-hydrogen) atoms. The first-order chi connectivity index (χ1) is 13.6. The summed E-state index contributed by atoms with van der Waals surface area (Å²) in [6.07, 6.45) is 5.71. The van der Waals surface area contributed by atoms with Gasteiger partial charge in [-0.05, 0) is 68.8 Å². The number of ether oxygens (including phenoxy) is 1. The summed E-state index contributed by atoms with van der Waals surface area (Å²) >= 11 is 6.04. The van der Waals surface area contributed by atoms with Crippen LogP contribution in [0.4, 0.5) is 0 Å². The van der Waals surface area contributed by atoms with E-state index in [0.29, 0.717) is 35.6 Å². The van der Waals surface area contributed by atoms with Gasteiger partial charge in [0, 0.05) is 18.1 Å². The molecular formula is C22H31ClN2O3. The molecule has 2 saturated heterocycles. The third-order valence-corrected chi connectivity index (χ3v) is 6.81. The topological polar surface area (TPSA) is 53.0 Å². The average Bonchev–Trinajstić information content (AvgIpc) is 2.90. The lowest BCUT2D eigenvalue weighted by Gasteiger charge is -2.35. The molecule has 1 aliphatic carbocycles. The molecule has 1 aromatic carbocycles. The van der Waals surface area contributed by atoms with E-state index in [4.69, 9.17) is 16.3 Å². The molecule has 4 rings (SSSR count). The number of amides is 1. The van der Waals surface area contributed by atoms with Crippen LogP contribution >= 0.6 is 11.6 Å². The van der Waals surface area contributed by atoms with Crippen LogP contribution in [0.3, 0.4) is 0 Å². The van der Waals surface area contributed by atoms with Crippen LogP contribution in [-0.4, -0.2) is 65.7 Å². The van der Waals surface area contributed by atoms with Crippen molar-refractivity contribution in [3.05, 3.63) is 29.3 Å². The molecule has 1 N–H and O–H groups in total. The number of likely N-dealkylation sites (tertiary alicyclic amines) is 2.